The summed E-state index contributed by atoms with van der Waals surface area (Å²) in [5.74, 6) is -0.520. The van der Waals surface area contributed by atoms with Gasteiger partial charge in [0.25, 0.3) is 0 Å². The zero-order valence-corrected chi connectivity index (χ0v) is 11.8. The number of nitrogens with zero attached hydrogens (tertiary/aromatic N) is 3. The van der Waals surface area contributed by atoms with Crippen LogP contribution in [0.2, 0.25) is 0 Å². The summed E-state index contributed by atoms with van der Waals surface area (Å²) < 4.78 is 6.80. The fraction of sp³-hybridized carbons (Fsp3) is 0.357. The van der Waals surface area contributed by atoms with E-state index in [0.29, 0.717) is 11.4 Å². The summed E-state index contributed by atoms with van der Waals surface area (Å²) in [5, 5.41) is 34.8. The van der Waals surface area contributed by atoms with Crippen LogP contribution in [0.15, 0.2) is 30.3 Å². The third-order valence-corrected chi connectivity index (χ3v) is 2.99. The number of para-hydroxylation sites is 1. The molecule has 1 unspecified atom stereocenters. The molecular formula is C14H17N3O5. The van der Waals surface area contributed by atoms with E-state index >= 15 is 0 Å². The Bertz CT molecular complexity index is 614. The molecule has 1 heterocycles. The minimum atomic E-state index is -1.19. The van der Waals surface area contributed by atoms with E-state index in [0.717, 1.165) is 0 Å². The summed E-state index contributed by atoms with van der Waals surface area (Å²) in [6, 6.07) is 9.12. The first-order valence-electron chi connectivity index (χ1n) is 6.74. The van der Waals surface area contributed by atoms with Crippen molar-refractivity contribution in [2.75, 3.05) is 13.2 Å². The van der Waals surface area contributed by atoms with Crippen LogP contribution >= 0.6 is 0 Å². The average molecular weight is 307 g/mol. The lowest BCUT2D eigenvalue weighted by molar-refractivity contribution is 0.0686. The highest BCUT2D eigenvalue weighted by Crippen LogP contribution is 2.11. The molecule has 22 heavy (non-hydrogen) atoms. The summed E-state index contributed by atoms with van der Waals surface area (Å²) in [4.78, 5) is 11.2. The highest BCUT2D eigenvalue weighted by Gasteiger charge is 2.20. The SMILES string of the molecule is O=C(O)c1nnn(CC(O)CO)c1CCOc1ccccc1. The number of aliphatic hydroxyl groups excluding tert-OH is 2. The van der Waals surface area contributed by atoms with Crippen LogP contribution in [0, 0.1) is 0 Å². The molecule has 1 aromatic carbocycles. The van der Waals surface area contributed by atoms with Gasteiger partial charge in [0, 0.05) is 6.42 Å². The Hall–Kier alpha value is -2.45. The first kappa shape index (κ1) is 15.9. The second-order valence-electron chi connectivity index (χ2n) is 4.62. The van der Waals surface area contributed by atoms with Crippen LogP contribution in [-0.2, 0) is 13.0 Å². The van der Waals surface area contributed by atoms with Gasteiger partial charge < -0.3 is 20.1 Å². The number of ether oxygens (including phenoxy) is 1. The Kier molecular flexibility index (Phi) is 5.45. The van der Waals surface area contributed by atoms with Crippen LogP contribution in [0.25, 0.3) is 0 Å². The van der Waals surface area contributed by atoms with Gasteiger partial charge in [0.05, 0.1) is 31.6 Å². The maximum atomic E-state index is 11.2. The number of benzene rings is 1. The van der Waals surface area contributed by atoms with Crippen molar-refractivity contribution in [2.45, 2.75) is 19.1 Å². The van der Waals surface area contributed by atoms with Gasteiger partial charge in [0.1, 0.15) is 5.75 Å². The summed E-state index contributed by atoms with van der Waals surface area (Å²) in [5.41, 5.74) is 0.165. The zero-order chi connectivity index (χ0) is 15.9. The molecule has 0 radical (unpaired) electrons. The maximum Gasteiger partial charge on any atom is 0.358 e. The minimum absolute atomic E-state index is 0.0303. The van der Waals surface area contributed by atoms with Crippen molar-refractivity contribution in [3.05, 3.63) is 41.7 Å². The van der Waals surface area contributed by atoms with E-state index in [1.807, 2.05) is 18.2 Å². The number of carbonyl (C=O) groups is 1. The fourth-order valence-electron chi connectivity index (χ4n) is 1.93. The molecule has 1 aromatic heterocycles. The van der Waals surface area contributed by atoms with Gasteiger partial charge in [-0.25, -0.2) is 9.48 Å². The third-order valence-electron chi connectivity index (χ3n) is 2.99. The van der Waals surface area contributed by atoms with Gasteiger partial charge in [0.15, 0.2) is 5.69 Å². The van der Waals surface area contributed by atoms with Crippen LogP contribution in [0.4, 0.5) is 0 Å². The van der Waals surface area contributed by atoms with E-state index in [-0.39, 0.29) is 25.3 Å². The van der Waals surface area contributed by atoms with Gasteiger partial charge in [-0.1, -0.05) is 23.4 Å². The van der Waals surface area contributed by atoms with E-state index in [1.165, 1.54) is 4.68 Å². The second-order valence-corrected chi connectivity index (χ2v) is 4.62. The van der Waals surface area contributed by atoms with E-state index in [2.05, 4.69) is 10.3 Å². The summed E-state index contributed by atoms with van der Waals surface area (Å²) >= 11 is 0. The lowest BCUT2D eigenvalue weighted by Gasteiger charge is -2.11. The number of rotatable bonds is 8. The van der Waals surface area contributed by atoms with Crippen LogP contribution in [0.1, 0.15) is 16.2 Å². The molecule has 1 atom stereocenters. The fourth-order valence-corrected chi connectivity index (χ4v) is 1.93. The average Bonchev–Trinajstić information content (AvgIpc) is 2.91. The van der Waals surface area contributed by atoms with Gasteiger partial charge in [-0.05, 0) is 12.1 Å². The van der Waals surface area contributed by atoms with Gasteiger partial charge in [-0.15, -0.1) is 5.10 Å². The van der Waals surface area contributed by atoms with Crippen molar-refractivity contribution in [1.29, 1.82) is 0 Å². The third kappa shape index (κ3) is 4.03. The smallest absolute Gasteiger partial charge is 0.358 e. The summed E-state index contributed by atoms with van der Waals surface area (Å²) in [7, 11) is 0. The Balaban J connectivity index is 2.06. The second kappa shape index (κ2) is 7.53. The van der Waals surface area contributed by atoms with Gasteiger partial charge in [0.2, 0.25) is 0 Å². The molecular weight excluding hydrogens is 290 g/mol. The summed E-state index contributed by atoms with van der Waals surface area (Å²) in [6.45, 7) is -0.230. The highest BCUT2D eigenvalue weighted by molar-refractivity contribution is 5.86. The standard InChI is InChI=1S/C14H17N3O5/c18-9-10(19)8-17-12(13(14(20)21)15-16-17)6-7-22-11-4-2-1-3-5-11/h1-5,10,18-19H,6-9H2,(H,20,21). The highest BCUT2D eigenvalue weighted by atomic mass is 16.5. The van der Waals surface area contributed by atoms with E-state index in [9.17, 15) is 9.90 Å². The van der Waals surface area contributed by atoms with Crippen LogP contribution in [-0.4, -0.2) is 55.6 Å². The Morgan fingerprint density at radius 3 is 2.68 bits per heavy atom. The molecule has 0 aliphatic heterocycles. The number of aromatic nitrogens is 3. The first-order valence-corrected chi connectivity index (χ1v) is 6.74. The lowest BCUT2D eigenvalue weighted by Crippen LogP contribution is -2.23. The first-order chi connectivity index (χ1) is 10.6. The van der Waals surface area contributed by atoms with Crippen LogP contribution < -0.4 is 4.74 Å². The van der Waals surface area contributed by atoms with Crippen molar-refractivity contribution in [3.8, 4) is 5.75 Å². The van der Waals surface area contributed by atoms with Crippen molar-refractivity contribution in [1.82, 2.24) is 15.0 Å². The molecule has 0 bridgehead atoms. The molecule has 0 amide bonds. The van der Waals surface area contributed by atoms with Crippen molar-refractivity contribution >= 4 is 5.97 Å². The Morgan fingerprint density at radius 2 is 2.05 bits per heavy atom. The summed E-state index contributed by atoms with van der Waals surface area (Å²) in [6.07, 6.45) is -0.765. The predicted molar refractivity (Wildman–Crippen MR) is 75.7 cm³/mol. The normalized spacial score (nSPS) is 12.1. The molecule has 2 aromatic rings. The van der Waals surface area contributed by atoms with Crippen LogP contribution in [0.5, 0.6) is 5.75 Å². The molecule has 8 heteroatoms. The molecule has 118 valence electrons. The number of aromatic carboxylic acids is 1. The molecule has 0 aliphatic rings. The van der Waals surface area contributed by atoms with Crippen molar-refractivity contribution < 1.29 is 24.9 Å². The van der Waals surface area contributed by atoms with E-state index < -0.39 is 18.7 Å². The largest absolute Gasteiger partial charge is 0.493 e. The van der Waals surface area contributed by atoms with Crippen molar-refractivity contribution in [2.24, 2.45) is 0 Å². The molecule has 0 saturated heterocycles. The molecule has 0 fully saturated rings. The van der Waals surface area contributed by atoms with Gasteiger partial charge >= 0.3 is 5.97 Å². The van der Waals surface area contributed by atoms with E-state index in [4.69, 9.17) is 14.9 Å². The molecule has 3 N–H and O–H groups in total. The Morgan fingerprint density at radius 1 is 1.32 bits per heavy atom. The van der Waals surface area contributed by atoms with Crippen molar-refractivity contribution in [3.63, 3.8) is 0 Å². The lowest BCUT2D eigenvalue weighted by atomic mass is 10.2. The molecule has 0 saturated carbocycles. The zero-order valence-electron chi connectivity index (χ0n) is 11.8. The van der Waals surface area contributed by atoms with Gasteiger partial charge in [-0.2, -0.15) is 0 Å². The maximum absolute atomic E-state index is 11.2. The number of hydrogen-bond acceptors (Lipinski definition) is 6. The molecule has 8 nitrogen and oxygen atoms in total. The van der Waals surface area contributed by atoms with Gasteiger partial charge in [-0.3, -0.25) is 0 Å². The monoisotopic (exact) mass is 307 g/mol. The molecule has 2 rings (SSSR count). The predicted octanol–water partition coefficient (Wildman–Crippen LogP) is -0.0490. The number of carboxylic acids is 1. The minimum Gasteiger partial charge on any atom is -0.493 e. The Labute approximate surface area is 126 Å². The van der Waals surface area contributed by atoms with E-state index in [1.54, 1.807) is 12.1 Å². The molecule has 0 spiro atoms. The molecule has 0 aliphatic carbocycles. The number of aliphatic hydroxyl groups is 2. The topological polar surface area (TPSA) is 118 Å². The number of carboxylic acid groups (broad SMARTS) is 1. The quantitative estimate of drug-likeness (QED) is 0.626. The number of hydrogen-bond donors (Lipinski definition) is 3. The van der Waals surface area contributed by atoms with Crippen LogP contribution in [0.3, 0.4) is 0 Å².